The van der Waals surface area contributed by atoms with Gasteiger partial charge in [-0.1, -0.05) is 43.3 Å². The molecule has 0 aliphatic rings. The minimum absolute atomic E-state index is 0.466. The predicted octanol–water partition coefficient (Wildman–Crippen LogP) is 3.51. The summed E-state index contributed by atoms with van der Waals surface area (Å²) in [5.74, 6) is 2.04. The zero-order chi connectivity index (χ0) is 19.6. The van der Waals surface area contributed by atoms with Crippen molar-refractivity contribution >= 4 is 5.96 Å². The van der Waals surface area contributed by atoms with Gasteiger partial charge in [0.05, 0.1) is 12.2 Å². The van der Waals surface area contributed by atoms with Gasteiger partial charge in [-0.05, 0) is 38.1 Å². The quantitative estimate of drug-likeness (QED) is 0.522. The number of rotatable bonds is 9. The summed E-state index contributed by atoms with van der Waals surface area (Å²) in [5, 5.41) is 10.9. The number of guanidine groups is 1. The molecule has 1 heterocycles. The molecule has 0 amide bonds. The standard InChI is InChI=1S/C21H33N5O/c1-6-16(7-2)20-12-19(27-25-20)14-24-21(22-3)23-13-17-10-8-9-11-18(17)15-26(4)5/h8-12,16H,6-7,13-15H2,1-5H3,(H2,22,23,24). The van der Waals surface area contributed by atoms with Crippen LogP contribution in [0.15, 0.2) is 39.8 Å². The molecule has 0 bridgehead atoms. The molecule has 0 atom stereocenters. The van der Waals surface area contributed by atoms with Crippen LogP contribution < -0.4 is 10.6 Å². The van der Waals surface area contributed by atoms with Gasteiger partial charge in [0.25, 0.3) is 0 Å². The van der Waals surface area contributed by atoms with Gasteiger partial charge < -0.3 is 20.1 Å². The molecule has 0 fully saturated rings. The molecule has 6 nitrogen and oxygen atoms in total. The van der Waals surface area contributed by atoms with E-state index in [1.807, 2.05) is 6.07 Å². The van der Waals surface area contributed by atoms with E-state index in [4.69, 9.17) is 4.52 Å². The number of nitrogens with zero attached hydrogens (tertiary/aromatic N) is 3. The van der Waals surface area contributed by atoms with E-state index in [0.29, 0.717) is 12.5 Å². The molecule has 1 aromatic heterocycles. The molecule has 2 N–H and O–H groups in total. The van der Waals surface area contributed by atoms with Crippen LogP contribution in [-0.4, -0.2) is 37.2 Å². The van der Waals surface area contributed by atoms with Crippen molar-refractivity contribution in [1.29, 1.82) is 0 Å². The van der Waals surface area contributed by atoms with Gasteiger partial charge >= 0.3 is 0 Å². The van der Waals surface area contributed by atoms with E-state index in [1.165, 1.54) is 11.1 Å². The van der Waals surface area contributed by atoms with E-state index in [2.05, 4.69) is 77.9 Å². The van der Waals surface area contributed by atoms with E-state index in [1.54, 1.807) is 7.05 Å². The fraction of sp³-hybridized carbons (Fsp3) is 0.524. The number of benzene rings is 1. The Hall–Kier alpha value is -2.34. The van der Waals surface area contributed by atoms with Crippen molar-refractivity contribution in [3.8, 4) is 0 Å². The topological polar surface area (TPSA) is 65.7 Å². The minimum atomic E-state index is 0.466. The summed E-state index contributed by atoms with van der Waals surface area (Å²) in [6.45, 7) is 6.56. The van der Waals surface area contributed by atoms with Crippen LogP contribution in [-0.2, 0) is 19.6 Å². The maximum Gasteiger partial charge on any atom is 0.191 e. The Morgan fingerprint density at radius 3 is 2.41 bits per heavy atom. The van der Waals surface area contributed by atoms with Crippen molar-refractivity contribution < 1.29 is 4.52 Å². The average Bonchev–Trinajstić information content (AvgIpc) is 3.12. The molecule has 2 rings (SSSR count). The molecule has 6 heteroatoms. The second-order valence-electron chi connectivity index (χ2n) is 7.02. The lowest BCUT2D eigenvalue weighted by molar-refractivity contribution is 0.368. The fourth-order valence-corrected chi connectivity index (χ4v) is 3.11. The molecule has 0 saturated carbocycles. The highest BCUT2D eigenvalue weighted by atomic mass is 16.5. The van der Waals surface area contributed by atoms with Gasteiger partial charge in [-0.15, -0.1) is 0 Å². The Bertz CT molecular complexity index is 719. The molecule has 0 saturated heterocycles. The molecule has 0 radical (unpaired) electrons. The second kappa shape index (κ2) is 10.7. The molecular weight excluding hydrogens is 338 g/mol. The van der Waals surface area contributed by atoms with Gasteiger partial charge in [-0.3, -0.25) is 4.99 Å². The van der Waals surface area contributed by atoms with Crippen molar-refractivity contribution in [2.24, 2.45) is 4.99 Å². The van der Waals surface area contributed by atoms with E-state index in [0.717, 1.165) is 43.3 Å². The van der Waals surface area contributed by atoms with Gasteiger partial charge in [-0.25, -0.2) is 0 Å². The molecular formula is C21H33N5O. The van der Waals surface area contributed by atoms with Gasteiger partial charge in [0.2, 0.25) is 0 Å². The first-order valence-corrected chi connectivity index (χ1v) is 9.68. The van der Waals surface area contributed by atoms with Crippen molar-refractivity contribution in [2.75, 3.05) is 21.1 Å². The van der Waals surface area contributed by atoms with E-state index < -0.39 is 0 Å². The molecule has 0 unspecified atom stereocenters. The predicted molar refractivity (Wildman–Crippen MR) is 111 cm³/mol. The summed E-state index contributed by atoms with van der Waals surface area (Å²) in [5.41, 5.74) is 3.62. The zero-order valence-corrected chi connectivity index (χ0v) is 17.2. The Labute approximate surface area is 163 Å². The van der Waals surface area contributed by atoms with Crippen LogP contribution in [0.2, 0.25) is 0 Å². The first-order valence-electron chi connectivity index (χ1n) is 9.68. The molecule has 0 aliphatic carbocycles. The van der Waals surface area contributed by atoms with Crippen molar-refractivity contribution in [2.45, 2.75) is 52.2 Å². The van der Waals surface area contributed by atoms with E-state index in [-0.39, 0.29) is 0 Å². The molecule has 27 heavy (non-hydrogen) atoms. The summed E-state index contributed by atoms with van der Waals surface area (Å²) >= 11 is 0. The number of hydrogen-bond acceptors (Lipinski definition) is 4. The van der Waals surface area contributed by atoms with Crippen molar-refractivity contribution in [1.82, 2.24) is 20.7 Å². The van der Waals surface area contributed by atoms with Gasteiger partial charge in [0.1, 0.15) is 0 Å². The van der Waals surface area contributed by atoms with Crippen molar-refractivity contribution in [3.05, 3.63) is 52.9 Å². The normalized spacial score (nSPS) is 12.0. The third kappa shape index (κ3) is 6.40. The van der Waals surface area contributed by atoms with Crippen LogP contribution in [0.1, 0.15) is 55.2 Å². The smallest absolute Gasteiger partial charge is 0.191 e. The molecule has 1 aromatic carbocycles. The maximum absolute atomic E-state index is 5.47. The number of nitrogens with one attached hydrogen (secondary N) is 2. The second-order valence-corrected chi connectivity index (χ2v) is 7.02. The minimum Gasteiger partial charge on any atom is -0.359 e. The lowest BCUT2D eigenvalue weighted by atomic mass is 9.99. The van der Waals surface area contributed by atoms with Crippen LogP contribution in [0, 0.1) is 0 Å². The van der Waals surface area contributed by atoms with Gasteiger partial charge in [0.15, 0.2) is 11.7 Å². The Kier molecular flexibility index (Phi) is 8.33. The van der Waals surface area contributed by atoms with Crippen LogP contribution in [0.5, 0.6) is 0 Å². The molecule has 0 spiro atoms. The fourth-order valence-electron chi connectivity index (χ4n) is 3.11. The van der Waals surface area contributed by atoms with Gasteiger partial charge in [-0.2, -0.15) is 0 Å². The lowest BCUT2D eigenvalue weighted by Gasteiger charge is -2.16. The molecule has 2 aromatic rings. The lowest BCUT2D eigenvalue weighted by Crippen LogP contribution is -2.36. The SMILES string of the molecule is CCC(CC)c1cc(CNC(=NC)NCc2ccccc2CN(C)C)on1. The van der Waals surface area contributed by atoms with Gasteiger partial charge in [0, 0.05) is 32.1 Å². The van der Waals surface area contributed by atoms with E-state index >= 15 is 0 Å². The summed E-state index contributed by atoms with van der Waals surface area (Å²) in [7, 11) is 5.94. The highest BCUT2D eigenvalue weighted by molar-refractivity contribution is 5.79. The summed E-state index contributed by atoms with van der Waals surface area (Å²) in [6.07, 6.45) is 2.15. The first-order chi connectivity index (χ1) is 13.1. The Morgan fingerprint density at radius 2 is 1.78 bits per heavy atom. The summed E-state index contributed by atoms with van der Waals surface area (Å²) in [6, 6.07) is 10.5. The van der Waals surface area contributed by atoms with Crippen molar-refractivity contribution in [3.63, 3.8) is 0 Å². The third-order valence-corrected chi connectivity index (χ3v) is 4.69. The summed E-state index contributed by atoms with van der Waals surface area (Å²) < 4.78 is 5.47. The number of aliphatic imine (C=N–C) groups is 1. The first kappa shape index (κ1) is 21.0. The largest absolute Gasteiger partial charge is 0.359 e. The highest BCUT2D eigenvalue weighted by Gasteiger charge is 2.13. The monoisotopic (exact) mass is 371 g/mol. The Morgan fingerprint density at radius 1 is 1.11 bits per heavy atom. The van der Waals surface area contributed by atoms with Crippen LogP contribution >= 0.6 is 0 Å². The average molecular weight is 372 g/mol. The Balaban J connectivity index is 1.90. The molecule has 148 valence electrons. The highest BCUT2D eigenvalue weighted by Crippen LogP contribution is 2.22. The van der Waals surface area contributed by atoms with E-state index in [9.17, 15) is 0 Å². The van der Waals surface area contributed by atoms with Crippen LogP contribution in [0.25, 0.3) is 0 Å². The zero-order valence-electron chi connectivity index (χ0n) is 17.2. The van der Waals surface area contributed by atoms with Crippen LogP contribution in [0.4, 0.5) is 0 Å². The van der Waals surface area contributed by atoms with Crippen LogP contribution in [0.3, 0.4) is 0 Å². The number of hydrogen-bond donors (Lipinski definition) is 2. The third-order valence-electron chi connectivity index (χ3n) is 4.69. The maximum atomic E-state index is 5.47. The number of aromatic nitrogens is 1. The molecule has 0 aliphatic heterocycles. The summed E-state index contributed by atoms with van der Waals surface area (Å²) in [4.78, 5) is 6.48.